The van der Waals surface area contributed by atoms with Gasteiger partial charge < -0.3 is 29.7 Å². The number of amides is 1. The molecule has 0 saturated carbocycles. The van der Waals surface area contributed by atoms with Crippen LogP contribution in [0.1, 0.15) is 23.6 Å². The number of benzene rings is 2. The molecule has 1 aliphatic heterocycles. The molecule has 2 aromatic rings. The topological polar surface area (TPSA) is 84.4 Å². The van der Waals surface area contributed by atoms with Gasteiger partial charge in [0, 0.05) is 19.6 Å². The molecule has 3 rings (SSSR count). The minimum Gasteiger partial charge on any atom is -0.493 e. The van der Waals surface area contributed by atoms with Gasteiger partial charge in [0.1, 0.15) is 0 Å². The zero-order valence-electron chi connectivity index (χ0n) is 19.2. The summed E-state index contributed by atoms with van der Waals surface area (Å²) in [5, 5.41) is 6.34. The highest BCUT2D eigenvalue weighted by Crippen LogP contribution is 2.38. The number of ether oxygens (including phenoxy) is 3. The van der Waals surface area contributed by atoms with Gasteiger partial charge in [-0.15, -0.1) is 0 Å². The number of aliphatic imine (C=N–C) groups is 1. The summed E-state index contributed by atoms with van der Waals surface area (Å²) in [7, 11) is 4.74. The fourth-order valence-corrected chi connectivity index (χ4v) is 3.72. The quantitative estimate of drug-likeness (QED) is 0.484. The molecule has 0 unspecified atom stereocenters. The van der Waals surface area contributed by atoms with Crippen molar-refractivity contribution in [3.63, 3.8) is 0 Å². The van der Waals surface area contributed by atoms with Crippen LogP contribution in [0.15, 0.2) is 41.4 Å². The van der Waals surface area contributed by atoms with Gasteiger partial charge in [-0.25, -0.2) is 4.99 Å². The highest BCUT2D eigenvalue weighted by Gasteiger charge is 2.20. The molecule has 8 nitrogen and oxygen atoms in total. The van der Waals surface area contributed by atoms with Gasteiger partial charge in [-0.3, -0.25) is 4.79 Å². The normalized spacial score (nSPS) is 13.2. The maximum Gasteiger partial charge on any atom is 0.242 e. The Balaban J connectivity index is 1.64. The number of carbonyl (C=O) groups excluding carboxylic acids is 1. The fraction of sp³-hybridized carbons (Fsp3) is 0.417. The molecule has 2 aromatic carbocycles. The van der Waals surface area contributed by atoms with Crippen LogP contribution in [0.4, 0.5) is 0 Å². The molecule has 0 fully saturated rings. The number of nitrogens with zero attached hydrogens (tertiary/aromatic N) is 2. The molecule has 0 spiro atoms. The molecule has 0 aliphatic carbocycles. The zero-order chi connectivity index (χ0) is 22.9. The van der Waals surface area contributed by atoms with Crippen LogP contribution in [0, 0.1) is 0 Å². The van der Waals surface area contributed by atoms with E-state index in [1.807, 2.05) is 36.1 Å². The average molecular weight is 441 g/mol. The van der Waals surface area contributed by atoms with Crippen molar-refractivity contribution in [2.24, 2.45) is 4.99 Å². The molecule has 0 atom stereocenters. The van der Waals surface area contributed by atoms with E-state index in [9.17, 15) is 4.79 Å². The number of methoxy groups -OCH3 is 3. The van der Waals surface area contributed by atoms with Crippen LogP contribution in [-0.4, -0.2) is 57.7 Å². The van der Waals surface area contributed by atoms with Crippen LogP contribution in [0.3, 0.4) is 0 Å². The molecule has 172 valence electrons. The van der Waals surface area contributed by atoms with Crippen LogP contribution in [-0.2, 0) is 24.3 Å². The lowest BCUT2D eigenvalue weighted by Crippen LogP contribution is -2.45. The van der Waals surface area contributed by atoms with Crippen molar-refractivity contribution in [2.75, 3.05) is 41.0 Å². The van der Waals surface area contributed by atoms with Gasteiger partial charge in [-0.1, -0.05) is 24.3 Å². The Morgan fingerprint density at radius 3 is 2.34 bits per heavy atom. The third-order valence-corrected chi connectivity index (χ3v) is 5.38. The Hall–Kier alpha value is -3.42. The zero-order valence-corrected chi connectivity index (χ0v) is 19.2. The van der Waals surface area contributed by atoms with Crippen molar-refractivity contribution in [3.05, 3.63) is 53.1 Å². The van der Waals surface area contributed by atoms with Crippen LogP contribution < -0.4 is 24.8 Å². The van der Waals surface area contributed by atoms with E-state index in [4.69, 9.17) is 14.2 Å². The second-order valence-corrected chi connectivity index (χ2v) is 7.42. The largest absolute Gasteiger partial charge is 0.493 e. The monoisotopic (exact) mass is 440 g/mol. The highest BCUT2D eigenvalue weighted by atomic mass is 16.5. The van der Waals surface area contributed by atoms with Gasteiger partial charge in [-0.2, -0.15) is 0 Å². The third-order valence-electron chi connectivity index (χ3n) is 5.38. The lowest BCUT2D eigenvalue weighted by molar-refractivity contribution is -0.130. The van der Waals surface area contributed by atoms with E-state index < -0.39 is 0 Å². The molecule has 1 heterocycles. The summed E-state index contributed by atoms with van der Waals surface area (Å²) in [5.74, 6) is 2.33. The van der Waals surface area contributed by atoms with Crippen LogP contribution in [0.2, 0.25) is 0 Å². The van der Waals surface area contributed by atoms with Crippen molar-refractivity contribution in [1.82, 2.24) is 15.5 Å². The summed E-state index contributed by atoms with van der Waals surface area (Å²) < 4.78 is 16.2. The molecule has 8 heteroatoms. The first-order valence-corrected chi connectivity index (χ1v) is 10.7. The smallest absolute Gasteiger partial charge is 0.242 e. The summed E-state index contributed by atoms with van der Waals surface area (Å²) in [6.07, 6.45) is 0.886. The van der Waals surface area contributed by atoms with Gasteiger partial charge in [0.2, 0.25) is 11.7 Å². The minimum absolute atomic E-state index is 0.0536. The van der Waals surface area contributed by atoms with Crippen molar-refractivity contribution >= 4 is 11.9 Å². The summed E-state index contributed by atoms with van der Waals surface area (Å²) in [6, 6.07) is 12.0. The van der Waals surface area contributed by atoms with Gasteiger partial charge >= 0.3 is 0 Å². The third kappa shape index (κ3) is 5.63. The maximum absolute atomic E-state index is 12.8. The number of rotatable bonds is 8. The van der Waals surface area contributed by atoms with E-state index in [0.29, 0.717) is 42.8 Å². The SMILES string of the molecule is CCNC(=NCc1cc(OC)c(OC)c(OC)c1)NCC(=O)N1CCc2ccccc2C1. The molecular formula is C24H32N4O4. The molecule has 0 aromatic heterocycles. The van der Waals surface area contributed by atoms with Gasteiger partial charge in [0.05, 0.1) is 34.4 Å². The van der Waals surface area contributed by atoms with E-state index in [1.165, 1.54) is 11.1 Å². The predicted molar refractivity (Wildman–Crippen MR) is 124 cm³/mol. The average Bonchev–Trinajstić information content (AvgIpc) is 2.84. The Kier molecular flexibility index (Phi) is 8.19. The minimum atomic E-state index is 0.0536. The summed E-state index contributed by atoms with van der Waals surface area (Å²) >= 11 is 0. The Morgan fingerprint density at radius 2 is 1.72 bits per heavy atom. The Labute approximate surface area is 189 Å². The first kappa shape index (κ1) is 23.2. The van der Waals surface area contributed by atoms with Crippen LogP contribution >= 0.6 is 0 Å². The number of hydrogen-bond acceptors (Lipinski definition) is 5. The van der Waals surface area contributed by atoms with Gasteiger partial charge in [0.15, 0.2) is 17.5 Å². The number of hydrogen-bond donors (Lipinski definition) is 2. The van der Waals surface area contributed by atoms with Crippen molar-refractivity contribution in [1.29, 1.82) is 0 Å². The fourth-order valence-electron chi connectivity index (χ4n) is 3.72. The van der Waals surface area contributed by atoms with Crippen LogP contribution in [0.5, 0.6) is 17.2 Å². The first-order valence-electron chi connectivity index (χ1n) is 10.7. The maximum atomic E-state index is 12.8. The lowest BCUT2D eigenvalue weighted by atomic mass is 10.00. The number of guanidine groups is 1. The molecular weight excluding hydrogens is 408 g/mol. The predicted octanol–water partition coefficient (Wildman–Crippen LogP) is 2.35. The standard InChI is InChI=1S/C24H32N4O4/c1-5-25-24(26-14-17-12-20(30-2)23(32-4)21(13-17)31-3)27-15-22(29)28-11-10-18-8-6-7-9-19(18)16-28/h6-9,12-13H,5,10-11,14-16H2,1-4H3,(H2,25,26,27). The van der Waals surface area contributed by atoms with E-state index in [1.54, 1.807) is 21.3 Å². The van der Waals surface area contributed by atoms with E-state index in [0.717, 1.165) is 18.5 Å². The van der Waals surface area contributed by atoms with E-state index in [-0.39, 0.29) is 12.5 Å². The van der Waals surface area contributed by atoms with Crippen molar-refractivity contribution in [2.45, 2.75) is 26.4 Å². The Morgan fingerprint density at radius 1 is 1.03 bits per heavy atom. The number of nitrogens with one attached hydrogen (secondary N) is 2. The van der Waals surface area contributed by atoms with Gasteiger partial charge in [-0.05, 0) is 42.2 Å². The molecule has 1 amide bonds. The molecule has 32 heavy (non-hydrogen) atoms. The summed E-state index contributed by atoms with van der Waals surface area (Å²) in [4.78, 5) is 19.3. The number of fused-ring (bicyclic) bond motifs is 1. The molecule has 0 radical (unpaired) electrons. The molecule has 2 N–H and O–H groups in total. The lowest BCUT2D eigenvalue weighted by Gasteiger charge is -2.29. The van der Waals surface area contributed by atoms with Gasteiger partial charge in [0.25, 0.3) is 0 Å². The second kappa shape index (κ2) is 11.3. The van der Waals surface area contributed by atoms with E-state index >= 15 is 0 Å². The second-order valence-electron chi connectivity index (χ2n) is 7.42. The van der Waals surface area contributed by atoms with Crippen molar-refractivity contribution < 1.29 is 19.0 Å². The van der Waals surface area contributed by atoms with Crippen LogP contribution in [0.25, 0.3) is 0 Å². The highest BCUT2D eigenvalue weighted by molar-refractivity contribution is 5.86. The molecule has 1 aliphatic rings. The summed E-state index contributed by atoms with van der Waals surface area (Å²) in [5.41, 5.74) is 3.44. The van der Waals surface area contributed by atoms with Crippen molar-refractivity contribution in [3.8, 4) is 17.2 Å². The summed E-state index contributed by atoms with van der Waals surface area (Å²) in [6.45, 7) is 4.62. The first-order chi connectivity index (χ1) is 15.6. The molecule has 0 saturated heterocycles. The molecule has 0 bridgehead atoms. The van der Waals surface area contributed by atoms with E-state index in [2.05, 4.69) is 27.8 Å². The number of carbonyl (C=O) groups is 1. The Bertz CT molecular complexity index is 936.